The first-order chi connectivity index (χ1) is 9.08. The second-order valence-electron chi connectivity index (χ2n) is 4.07. The van der Waals surface area contributed by atoms with Gasteiger partial charge in [-0.1, -0.05) is 30.3 Å². The molecule has 0 spiro atoms. The molecule has 0 aliphatic rings. The topological polar surface area (TPSA) is 17.1 Å². The maximum atomic E-state index is 13.5. The SMILES string of the molecule is CC(Sc1ccc(F)cc1F)C(=O)c1ccccc1. The van der Waals surface area contributed by atoms with Crippen LogP contribution in [0.1, 0.15) is 17.3 Å². The van der Waals surface area contributed by atoms with Gasteiger partial charge in [-0.15, -0.1) is 11.8 Å². The Morgan fingerprint density at radius 3 is 2.42 bits per heavy atom. The molecule has 0 aromatic heterocycles. The van der Waals surface area contributed by atoms with E-state index in [2.05, 4.69) is 0 Å². The monoisotopic (exact) mass is 278 g/mol. The zero-order chi connectivity index (χ0) is 13.8. The number of rotatable bonds is 4. The lowest BCUT2D eigenvalue weighted by atomic mass is 10.1. The van der Waals surface area contributed by atoms with Gasteiger partial charge < -0.3 is 0 Å². The summed E-state index contributed by atoms with van der Waals surface area (Å²) < 4.78 is 26.3. The highest BCUT2D eigenvalue weighted by Crippen LogP contribution is 2.28. The molecule has 2 rings (SSSR count). The van der Waals surface area contributed by atoms with Crippen molar-refractivity contribution in [2.24, 2.45) is 0 Å². The Labute approximate surface area is 114 Å². The van der Waals surface area contributed by atoms with Gasteiger partial charge in [0, 0.05) is 16.5 Å². The molecule has 0 heterocycles. The van der Waals surface area contributed by atoms with Crippen molar-refractivity contribution in [3.05, 3.63) is 65.7 Å². The lowest BCUT2D eigenvalue weighted by Gasteiger charge is -2.11. The molecule has 4 heteroatoms. The fourth-order valence-corrected chi connectivity index (χ4v) is 2.59. The summed E-state index contributed by atoms with van der Waals surface area (Å²) in [7, 11) is 0. The third kappa shape index (κ3) is 3.41. The summed E-state index contributed by atoms with van der Waals surface area (Å²) in [5.41, 5.74) is 0.588. The molecule has 0 aliphatic carbocycles. The molecule has 19 heavy (non-hydrogen) atoms. The molecule has 2 aromatic rings. The highest BCUT2D eigenvalue weighted by molar-refractivity contribution is 8.00. The van der Waals surface area contributed by atoms with Crippen LogP contribution in [0.15, 0.2) is 53.4 Å². The molecule has 0 amide bonds. The summed E-state index contributed by atoms with van der Waals surface area (Å²) in [6.07, 6.45) is 0. The standard InChI is InChI=1S/C15H12F2OS/c1-10(15(18)11-5-3-2-4-6-11)19-14-8-7-12(16)9-13(14)17/h2-10H,1H3. The van der Waals surface area contributed by atoms with Gasteiger partial charge >= 0.3 is 0 Å². The zero-order valence-electron chi connectivity index (χ0n) is 10.3. The minimum atomic E-state index is -0.641. The summed E-state index contributed by atoms with van der Waals surface area (Å²) in [6, 6.07) is 12.2. The average Bonchev–Trinajstić information content (AvgIpc) is 2.42. The maximum absolute atomic E-state index is 13.5. The molecular weight excluding hydrogens is 266 g/mol. The van der Waals surface area contributed by atoms with Crippen molar-refractivity contribution in [3.63, 3.8) is 0 Å². The summed E-state index contributed by atoms with van der Waals surface area (Å²) in [5, 5.41) is -0.428. The lowest BCUT2D eigenvalue weighted by Crippen LogP contribution is -2.13. The van der Waals surface area contributed by atoms with Crippen LogP contribution in [0.4, 0.5) is 8.78 Å². The summed E-state index contributed by atoms with van der Waals surface area (Å²) in [6.45, 7) is 1.71. The molecule has 0 fully saturated rings. The van der Waals surface area contributed by atoms with E-state index >= 15 is 0 Å². The van der Waals surface area contributed by atoms with Gasteiger partial charge in [-0.3, -0.25) is 4.79 Å². The minimum absolute atomic E-state index is 0.0747. The molecule has 98 valence electrons. The van der Waals surface area contributed by atoms with Crippen LogP contribution < -0.4 is 0 Å². The van der Waals surface area contributed by atoms with Gasteiger partial charge in [-0.05, 0) is 19.1 Å². The largest absolute Gasteiger partial charge is 0.293 e. The molecule has 0 aliphatic heterocycles. The van der Waals surface area contributed by atoms with E-state index in [1.165, 1.54) is 12.1 Å². The smallest absolute Gasteiger partial charge is 0.175 e. The number of carbonyl (C=O) groups excluding carboxylic acids is 1. The molecule has 0 saturated heterocycles. The average molecular weight is 278 g/mol. The van der Waals surface area contributed by atoms with E-state index in [1.807, 2.05) is 6.07 Å². The second-order valence-corrected chi connectivity index (χ2v) is 5.45. The van der Waals surface area contributed by atoms with Crippen molar-refractivity contribution in [2.45, 2.75) is 17.1 Å². The van der Waals surface area contributed by atoms with E-state index in [4.69, 9.17) is 0 Å². The van der Waals surface area contributed by atoms with Crippen LogP contribution in [0.5, 0.6) is 0 Å². The highest BCUT2D eigenvalue weighted by atomic mass is 32.2. The van der Waals surface area contributed by atoms with Gasteiger partial charge in [0.1, 0.15) is 11.6 Å². The van der Waals surface area contributed by atoms with Gasteiger partial charge in [-0.2, -0.15) is 0 Å². The predicted octanol–water partition coefficient (Wildman–Crippen LogP) is 4.33. The van der Waals surface area contributed by atoms with Crippen LogP contribution in [0.2, 0.25) is 0 Å². The van der Waals surface area contributed by atoms with Crippen molar-refractivity contribution in [1.82, 2.24) is 0 Å². The lowest BCUT2D eigenvalue weighted by molar-refractivity contribution is 0.0994. The number of benzene rings is 2. The molecule has 0 N–H and O–H groups in total. The first kappa shape index (κ1) is 13.7. The van der Waals surface area contributed by atoms with Gasteiger partial charge in [0.2, 0.25) is 0 Å². The highest BCUT2D eigenvalue weighted by Gasteiger charge is 2.18. The van der Waals surface area contributed by atoms with Gasteiger partial charge in [0.15, 0.2) is 5.78 Å². The number of hydrogen-bond acceptors (Lipinski definition) is 2. The number of halogens is 2. The third-order valence-corrected chi connectivity index (χ3v) is 3.78. The molecule has 1 nitrogen and oxygen atoms in total. The third-order valence-electron chi connectivity index (χ3n) is 2.63. The molecule has 0 saturated carbocycles. The Kier molecular flexibility index (Phi) is 4.32. The minimum Gasteiger partial charge on any atom is -0.293 e. The Hall–Kier alpha value is -1.68. The Bertz CT molecular complexity index is 584. The molecule has 1 unspecified atom stereocenters. The number of thioether (sulfide) groups is 1. The van der Waals surface area contributed by atoms with Crippen LogP contribution in [0, 0.1) is 11.6 Å². The van der Waals surface area contributed by atoms with Crippen molar-refractivity contribution in [2.75, 3.05) is 0 Å². The number of hydrogen-bond donors (Lipinski definition) is 0. The predicted molar refractivity (Wildman–Crippen MR) is 72.4 cm³/mol. The maximum Gasteiger partial charge on any atom is 0.175 e. The summed E-state index contributed by atoms with van der Waals surface area (Å²) in [4.78, 5) is 12.4. The van der Waals surface area contributed by atoms with Crippen LogP contribution in [-0.2, 0) is 0 Å². The summed E-state index contributed by atoms with van der Waals surface area (Å²) >= 11 is 1.09. The molecule has 0 radical (unpaired) electrons. The number of ketones is 1. The number of carbonyl (C=O) groups is 1. The summed E-state index contributed by atoms with van der Waals surface area (Å²) in [5.74, 6) is -1.34. The van der Waals surface area contributed by atoms with Crippen LogP contribution >= 0.6 is 11.8 Å². The van der Waals surface area contributed by atoms with Gasteiger partial charge in [0.05, 0.1) is 5.25 Å². The molecular formula is C15H12F2OS. The van der Waals surface area contributed by atoms with E-state index in [0.717, 1.165) is 17.8 Å². The van der Waals surface area contributed by atoms with Crippen molar-refractivity contribution in [3.8, 4) is 0 Å². The second kappa shape index (κ2) is 5.97. The molecule has 0 bridgehead atoms. The fraction of sp³-hybridized carbons (Fsp3) is 0.133. The number of Topliss-reactive ketones (excluding diaryl/α,β-unsaturated/α-hetero) is 1. The first-order valence-corrected chi connectivity index (χ1v) is 6.67. The Morgan fingerprint density at radius 1 is 1.11 bits per heavy atom. The quantitative estimate of drug-likeness (QED) is 0.611. The van der Waals surface area contributed by atoms with Crippen molar-refractivity contribution in [1.29, 1.82) is 0 Å². The van der Waals surface area contributed by atoms with Crippen LogP contribution in [0.25, 0.3) is 0 Å². The van der Waals surface area contributed by atoms with Crippen molar-refractivity contribution < 1.29 is 13.6 Å². The van der Waals surface area contributed by atoms with E-state index < -0.39 is 16.9 Å². The molecule has 1 atom stereocenters. The first-order valence-electron chi connectivity index (χ1n) is 5.79. The van der Waals surface area contributed by atoms with Crippen molar-refractivity contribution >= 4 is 17.5 Å². The van der Waals surface area contributed by atoms with E-state index in [-0.39, 0.29) is 10.7 Å². The van der Waals surface area contributed by atoms with E-state index in [1.54, 1.807) is 31.2 Å². The van der Waals surface area contributed by atoms with Gasteiger partial charge in [-0.25, -0.2) is 8.78 Å². The Balaban J connectivity index is 2.13. The van der Waals surface area contributed by atoms with Crippen LogP contribution in [-0.4, -0.2) is 11.0 Å². The van der Waals surface area contributed by atoms with E-state index in [0.29, 0.717) is 5.56 Å². The van der Waals surface area contributed by atoms with Gasteiger partial charge in [0.25, 0.3) is 0 Å². The zero-order valence-corrected chi connectivity index (χ0v) is 11.1. The normalized spacial score (nSPS) is 12.2. The van der Waals surface area contributed by atoms with Crippen LogP contribution in [0.3, 0.4) is 0 Å². The van der Waals surface area contributed by atoms with E-state index in [9.17, 15) is 13.6 Å². The Morgan fingerprint density at radius 2 is 1.79 bits per heavy atom. The molecule has 2 aromatic carbocycles. The fourth-order valence-electron chi connectivity index (χ4n) is 1.65.